The van der Waals surface area contributed by atoms with Gasteiger partial charge in [0.05, 0.1) is 29.2 Å². The zero-order chi connectivity index (χ0) is 24.9. The zero-order valence-corrected chi connectivity index (χ0v) is 19.0. The van der Waals surface area contributed by atoms with Gasteiger partial charge in [0.2, 0.25) is 0 Å². The fourth-order valence-electron chi connectivity index (χ4n) is 3.20. The molecule has 0 radical (unpaired) electrons. The summed E-state index contributed by atoms with van der Waals surface area (Å²) in [5, 5.41) is 6.98. The highest BCUT2D eigenvalue weighted by Gasteiger charge is 2.14. The molecule has 0 unspecified atom stereocenters. The first-order valence-electron chi connectivity index (χ1n) is 10.2. The maximum absolute atomic E-state index is 13.0. The van der Waals surface area contributed by atoms with Gasteiger partial charge in [-0.3, -0.25) is 9.59 Å². The number of benzene rings is 3. The Kier molecular flexibility index (Phi) is 6.93. The van der Waals surface area contributed by atoms with Crippen LogP contribution in [0.5, 0.6) is 11.5 Å². The molecule has 2 N–H and O–H groups in total. The first-order chi connectivity index (χ1) is 16.9. The van der Waals surface area contributed by atoms with E-state index in [4.69, 9.17) is 21.1 Å². The molecule has 1 heterocycles. The van der Waals surface area contributed by atoms with E-state index in [2.05, 4.69) is 15.4 Å². The fraction of sp³-hybridized carbons (Fsp3) is 0.0833. The second-order valence-electron chi connectivity index (χ2n) is 7.22. The summed E-state index contributed by atoms with van der Waals surface area (Å²) >= 11 is 6.32. The van der Waals surface area contributed by atoms with Crippen LogP contribution in [0.25, 0.3) is 10.9 Å². The molecule has 1 aromatic heterocycles. The maximum Gasteiger partial charge on any atom is 0.349 e. The number of H-pyrrole nitrogens is 1. The van der Waals surface area contributed by atoms with Crippen LogP contribution in [0.3, 0.4) is 0 Å². The van der Waals surface area contributed by atoms with E-state index in [1.54, 1.807) is 24.3 Å². The van der Waals surface area contributed by atoms with Crippen LogP contribution in [-0.4, -0.2) is 35.5 Å². The van der Waals surface area contributed by atoms with E-state index in [9.17, 15) is 18.8 Å². The number of fused-ring (bicyclic) bond motifs is 1. The van der Waals surface area contributed by atoms with Gasteiger partial charge in [-0.2, -0.15) is 5.10 Å². The van der Waals surface area contributed by atoms with Crippen LogP contribution in [0.1, 0.15) is 5.56 Å². The quantitative estimate of drug-likeness (QED) is 0.381. The molecule has 35 heavy (non-hydrogen) atoms. The molecule has 0 fully saturated rings. The number of methoxy groups -OCH3 is 1. The van der Waals surface area contributed by atoms with E-state index in [-0.39, 0.29) is 23.1 Å². The Morgan fingerprint density at radius 2 is 1.91 bits per heavy atom. The van der Waals surface area contributed by atoms with Crippen molar-refractivity contribution in [1.82, 2.24) is 9.66 Å². The molecule has 3 aromatic carbocycles. The van der Waals surface area contributed by atoms with E-state index < -0.39 is 23.0 Å². The summed E-state index contributed by atoms with van der Waals surface area (Å²) in [7, 11) is 1.39. The van der Waals surface area contributed by atoms with Crippen LogP contribution in [0.15, 0.2) is 75.4 Å². The van der Waals surface area contributed by atoms with Crippen molar-refractivity contribution in [1.29, 1.82) is 0 Å². The number of rotatable bonds is 7. The molecule has 0 bridgehead atoms. The van der Waals surface area contributed by atoms with Gasteiger partial charge in [-0.05, 0) is 54.1 Å². The van der Waals surface area contributed by atoms with Crippen molar-refractivity contribution in [3.05, 3.63) is 97.9 Å². The van der Waals surface area contributed by atoms with Crippen LogP contribution in [0, 0.1) is 5.82 Å². The molecule has 0 saturated carbocycles. The van der Waals surface area contributed by atoms with E-state index in [0.717, 1.165) is 0 Å². The fourth-order valence-corrected chi connectivity index (χ4v) is 3.48. The third-order valence-corrected chi connectivity index (χ3v) is 5.11. The number of ether oxygens (including phenoxy) is 2. The highest BCUT2D eigenvalue weighted by molar-refractivity contribution is 6.32. The van der Waals surface area contributed by atoms with Gasteiger partial charge in [-0.1, -0.05) is 23.7 Å². The Hall–Kier alpha value is -4.44. The van der Waals surface area contributed by atoms with E-state index in [1.165, 1.54) is 49.7 Å². The summed E-state index contributed by atoms with van der Waals surface area (Å²) in [5.74, 6) is -0.598. The summed E-state index contributed by atoms with van der Waals surface area (Å²) in [6, 6.07) is 14.8. The van der Waals surface area contributed by atoms with Gasteiger partial charge in [-0.25, -0.2) is 9.18 Å². The number of anilines is 1. The number of nitrogens with zero attached hydrogens (tertiary/aromatic N) is 2. The summed E-state index contributed by atoms with van der Waals surface area (Å²) in [5.41, 5.74) is -0.0532. The minimum atomic E-state index is -0.699. The topological polar surface area (TPSA) is 115 Å². The van der Waals surface area contributed by atoms with Crippen molar-refractivity contribution in [2.45, 2.75) is 0 Å². The number of carbonyl (C=O) groups is 1. The second kappa shape index (κ2) is 10.2. The second-order valence-corrected chi connectivity index (χ2v) is 7.62. The monoisotopic (exact) mass is 496 g/mol. The molecule has 0 spiro atoms. The van der Waals surface area contributed by atoms with Crippen molar-refractivity contribution < 1.29 is 18.7 Å². The number of hydrogen-bond acceptors (Lipinski definition) is 6. The van der Waals surface area contributed by atoms with Crippen molar-refractivity contribution in [3.63, 3.8) is 0 Å². The van der Waals surface area contributed by atoms with Crippen LogP contribution >= 0.6 is 11.6 Å². The smallest absolute Gasteiger partial charge is 0.349 e. The highest BCUT2D eigenvalue weighted by atomic mass is 35.5. The molecule has 4 rings (SSSR count). The average molecular weight is 497 g/mol. The molecule has 178 valence electrons. The van der Waals surface area contributed by atoms with Gasteiger partial charge in [0, 0.05) is 5.69 Å². The predicted molar refractivity (Wildman–Crippen MR) is 130 cm³/mol. The number of halogens is 2. The number of carbonyl (C=O) groups excluding carboxylic acids is 1. The number of aromatic nitrogens is 2. The zero-order valence-electron chi connectivity index (χ0n) is 18.2. The summed E-state index contributed by atoms with van der Waals surface area (Å²) in [6.45, 7) is -0.386. The average Bonchev–Trinajstić information content (AvgIpc) is 2.84. The molecule has 11 heteroatoms. The van der Waals surface area contributed by atoms with Gasteiger partial charge >= 0.3 is 5.69 Å². The van der Waals surface area contributed by atoms with Gasteiger partial charge in [0.1, 0.15) is 5.82 Å². The van der Waals surface area contributed by atoms with Gasteiger partial charge in [-0.15, -0.1) is 4.68 Å². The summed E-state index contributed by atoms with van der Waals surface area (Å²) in [6.07, 6.45) is 1.27. The van der Waals surface area contributed by atoms with Crippen LogP contribution < -0.4 is 26.0 Å². The number of para-hydroxylation sites is 1. The van der Waals surface area contributed by atoms with Crippen molar-refractivity contribution in [2.75, 3.05) is 19.0 Å². The first kappa shape index (κ1) is 23.7. The van der Waals surface area contributed by atoms with Crippen molar-refractivity contribution >= 4 is 40.3 Å². The molecule has 0 saturated heterocycles. The molecule has 0 atom stereocenters. The molecule has 4 aromatic rings. The molecule has 0 aliphatic rings. The molecular formula is C24H18ClFN4O5. The van der Waals surface area contributed by atoms with Crippen LogP contribution in [0.4, 0.5) is 10.1 Å². The van der Waals surface area contributed by atoms with Crippen LogP contribution in [0.2, 0.25) is 5.02 Å². The molecule has 0 aliphatic carbocycles. The summed E-state index contributed by atoms with van der Waals surface area (Å²) < 4.78 is 24.5. The normalized spacial score (nSPS) is 11.1. The predicted octanol–water partition coefficient (Wildman–Crippen LogP) is 3.39. The largest absolute Gasteiger partial charge is 0.493 e. The lowest BCUT2D eigenvalue weighted by atomic mass is 10.2. The number of nitrogens with one attached hydrogen (secondary N) is 2. The number of hydrogen-bond donors (Lipinski definition) is 2. The number of amides is 1. The molecule has 0 aliphatic heterocycles. The molecule has 1 amide bonds. The molecular weight excluding hydrogens is 479 g/mol. The van der Waals surface area contributed by atoms with Gasteiger partial charge < -0.3 is 19.8 Å². The summed E-state index contributed by atoms with van der Waals surface area (Å²) in [4.78, 5) is 39.7. The van der Waals surface area contributed by atoms with E-state index >= 15 is 0 Å². The minimum Gasteiger partial charge on any atom is -0.493 e. The van der Waals surface area contributed by atoms with Crippen LogP contribution in [-0.2, 0) is 4.79 Å². The maximum atomic E-state index is 13.0. The number of aromatic amines is 1. The Bertz CT molecular complexity index is 1550. The van der Waals surface area contributed by atoms with E-state index in [0.29, 0.717) is 26.8 Å². The van der Waals surface area contributed by atoms with Gasteiger partial charge in [0.25, 0.3) is 11.5 Å². The van der Waals surface area contributed by atoms with Gasteiger partial charge in [0.15, 0.2) is 18.1 Å². The lowest BCUT2D eigenvalue weighted by Crippen LogP contribution is -2.32. The van der Waals surface area contributed by atoms with E-state index in [1.807, 2.05) is 0 Å². The minimum absolute atomic E-state index is 0.111. The third-order valence-electron chi connectivity index (χ3n) is 4.83. The Morgan fingerprint density at radius 3 is 2.66 bits per heavy atom. The standard InChI is InChI=1S/C24H18ClFN4O5/c1-34-20-11-14(12-27-30-23(32)17-4-2-3-5-19(17)29-24(30)33)10-18(25)22(20)35-13-21(31)28-16-8-6-15(26)7-9-16/h2-12H,13H2,1H3,(H,28,31)(H,29,33). The Labute approximate surface area is 202 Å². The van der Waals surface area contributed by atoms with Crippen molar-refractivity contribution in [3.8, 4) is 11.5 Å². The highest BCUT2D eigenvalue weighted by Crippen LogP contribution is 2.36. The lowest BCUT2D eigenvalue weighted by molar-refractivity contribution is -0.118. The first-order valence-corrected chi connectivity index (χ1v) is 10.6. The van der Waals surface area contributed by atoms with Crippen molar-refractivity contribution in [2.24, 2.45) is 5.10 Å². The lowest BCUT2D eigenvalue weighted by Gasteiger charge is -2.13. The third kappa shape index (κ3) is 5.39. The SMILES string of the molecule is COc1cc(C=Nn2c(=O)[nH]c3ccccc3c2=O)cc(Cl)c1OCC(=O)Nc1ccc(F)cc1. The Morgan fingerprint density at radius 1 is 1.17 bits per heavy atom. The molecule has 9 nitrogen and oxygen atoms in total. The Balaban J connectivity index is 1.53.